The number of aryl methyl sites for hydroxylation is 1. The molecule has 1 aromatic carbocycles. The molecule has 0 amide bonds. The fraction of sp³-hybridized carbons (Fsp3) is 0.375. The van der Waals surface area contributed by atoms with Crippen LogP contribution in [0.3, 0.4) is 0 Å². The molecule has 0 aliphatic carbocycles. The predicted molar refractivity (Wildman–Crippen MR) is 76.4 cm³/mol. The van der Waals surface area contributed by atoms with Gasteiger partial charge >= 0.3 is 11.9 Å². The van der Waals surface area contributed by atoms with Gasteiger partial charge in [0.15, 0.2) is 0 Å². The largest absolute Gasteiger partial charge is 0.462 e. The molecule has 0 radical (unpaired) electrons. The lowest BCUT2D eigenvalue weighted by molar-refractivity contribution is -0.139. The van der Waals surface area contributed by atoms with Gasteiger partial charge in [-0.15, -0.1) is 0 Å². The number of hydrogen-bond donors (Lipinski definition) is 0. The van der Waals surface area contributed by atoms with Crippen LogP contribution in [0, 0.1) is 6.92 Å². The van der Waals surface area contributed by atoms with Crippen molar-refractivity contribution in [1.82, 2.24) is 0 Å². The SMILES string of the molecule is C=C(C)C(=O)OCCCCC(=O)Oc1ccc(C)cc1. The van der Waals surface area contributed by atoms with Crippen LogP contribution in [0.1, 0.15) is 31.7 Å². The highest BCUT2D eigenvalue weighted by atomic mass is 16.5. The molecule has 0 N–H and O–H groups in total. The molecule has 0 bridgehead atoms. The number of carbonyl (C=O) groups is 2. The fourth-order valence-electron chi connectivity index (χ4n) is 1.45. The summed E-state index contributed by atoms with van der Waals surface area (Å²) in [6.45, 7) is 7.35. The van der Waals surface area contributed by atoms with Crippen LogP contribution in [0.4, 0.5) is 0 Å². The van der Waals surface area contributed by atoms with Gasteiger partial charge < -0.3 is 9.47 Å². The first-order valence-electron chi connectivity index (χ1n) is 6.59. The van der Waals surface area contributed by atoms with Crippen molar-refractivity contribution in [3.05, 3.63) is 42.0 Å². The zero-order valence-electron chi connectivity index (χ0n) is 12.0. The summed E-state index contributed by atoms with van der Waals surface area (Å²) in [4.78, 5) is 22.7. The summed E-state index contributed by atoms with van der Waals surface area (Å²) in [6.07, 6.45) is 1.55. The highest BCUT2D eigenvalue weighted by molar-refractivity contribution is 5.86. The van der Waals surface area contributed by atoms with Crippen molar-refractivity contribution in [3.8, 4) is 5.75 Å². The van der Waals surface area contributed by atoms with Gasteiger partial charge in [0.05, 0.1) is 6.61 Å². The van der Waals surface area contributed by atoms with Crippen molar-refractivity contribution in [2.45, 2.75) is 33.1 Å². The average Bonchev–Trinajstić information content (AvgIpc) is 2.40. The topological polar surface area (TPSA) is 52.6 Å². The Morgan fingerprint density at radius 1 is 1.15 bits per heavy atom. The Hall–Kier alpha value is -2.10. The van der Waals surface area contributed by atoms with Gasteiger partial charge in [0.2, 0.25) is 0 Å². The summed E-state index contributed by atoms with van der Waals surface area (Å²) in [5, 5.41) is 0. The summed E-state index contributed by atoms with van der Waals surface area (Å²) in [6, 6.07) is 7.31. The second-order valence-electron chi connectivity index (χ2n) is 4.66. The zero-order valence-corrected chi connectivity index (χ0v) is 12.0. The molecular formula is C16H20O4. The van der Waals surface area contributed by atoms with Crippen LogP contribution in [0.2, 0.25) is 0 Å². The maximum Gasteiger partial charge on any atom is 0.333 e. The zero-order chi connectivity index (χ0) is 15.0. The molecule has 108 valence electrons. The number of hydrogen-bond acceptors (Lipinski definition) is 4. The van der Waals surface area contributed by atoms with Crippen molar-refractivity contribution in [2.24, 2.45) is 0 Å². The minimum atomic E-state index is -0.396. The molecule has 0 aliphatic rings. The maximum absolute atomic E-state index is 11.6. The summed E-state index contributed by atoms with van der Waals surface area (Å²) >= 11 is 0. The van der Waals surface area contributed by atoms with Crippen LogP contribution in [0.15, 0.2) is 36.4 Å². The second kappa shape index (κ2) is 8.15. The van der Waals surface area contributed by atoms with Gasteiger partial charge in [0.25, 0.3) is 0 Å². The molecule has 0 saturated carbocycles. The number of esters is 2. The van der Waals surface area contributed by atoms with E-state index in [2.05, 4.69) is 6.58 Å². The van der Waals surface area contributed by atoms with Gasteiger partial charge in [0.1, 0.15) is 5.75 Å². The molecular weight excluding hydrogens is 256 g/mol. The Bertz CT molecular complexity index is 474. The lowest BCUT2D eigenvalue weighted by atomic mass is 10.2. The Morgan fingerprint density at radius 2 is 1.80 bits per heavy atom. The summed E-state index contributed by atoms with van der Waals surface area (Å²) < 4.78 is 10.1. The fourth-order valence-corrected chi connectivity index (χ4v) is 1.45. The standard InChI is InChI=1S/C16H20O4/c1-12(2)16(18)19-11-5-4-6-15(17)20-14-9-7-13(3)8-10-14/h7-10H,1,4-6,11H2,2-3H3. The van der Waals surface area contributed by atoms with Gasteiger partial charge in [-0.25, -0.2) is 4.79 Å². The normalized spacial score (nSPS) is 9.90. The van der Waals surface area contributed by atoms with E-state index in [1.165, 1.54) is 0 Å². The second-order valence-corrected chi connectivity index (χ2v) is 4.66. The number of rotatable bonds is 7. The van der Waals surface area contributed by atoms with Gasteiger partial charge in [-0.05, 0) is 38.8 Å². The van der Waals surface area contributed by atoms with E-state index >= 15 is 0 Å². The molecule has 0 heterocycles. The highest BCUT2D eigenvalue weighted by Gasteiger charge is 2.06. The molecule has 0 atom stereocenters. The molecule has 0 saturated heterocycles. The number of benzene rings is 1. The quantitative estimate of drug-likeness (QED) is 0.332. The van der Waals surface area contributed by atoms with E-state index in [1.54, 1.807) is 19.1 Å². The minimum Gasteiger partial charge on any atom is -0.462 e. The molecule has 1 aromatic rings. The molecule has 0 aromatic heterocycles. The first kappa shape index (κ1) is 16.0. The molecule has 4 nitrogen and oxygen atoms in total. The molecule has 0 fully saturated rings. The smallest absolute Gasteiger partial charge is 0.333 e. The molecule has 1 rings (SSSR count). The van der Waals surface area contributed by atoms with Crippen molar-refractivity contribution in [1.29, 1.82) is 0 Å². The minimum absolute atomic E-state index is 0.278. The van der Waals surface area contributed by atoms with Gasteiger partial charge in [0, 0.05) is 12.0 Å². The Labute approximate surface area is 119 Å². The van der Waals surface area contributed by atoms with Crippen LogP contribution in [-0.4, -0.2) is 18.5 Å². The van der Waals surface area contributed by atoms with Crippen molar-refractivity contribution >= 4 is 11.9 Å². The van der Waals surface area contributed by atoms with Gasteiger partial charge in [-0.2, -0.15) is 0 Å². The van der Waals surface area contributed by atoms with Gasteiger partial charge in [-0.3, -0.25) is 4.79 Å². The number of ether oxygens (including phenoxy) is 2. The molecule has 20 heavy (non-hydrogen) atoms. The van der Waals surface area contributed by atoms with Crippen molar-refractivity contribution < 1.29 is 19.1 Å². The lowest BCUT2D eigenvalue weighted by Crippen LogP contribution is -2.09. The third-order valence-corrected chi connectivity index (χ3v) is 2.61. The molecule has 4 heteroatoms. The van der Waals surface area contributed by atoms with Gasteiger partial charge in [-0.1, -0.05) is 24.3 Å². The molecule has 0 spiro atoms. The Balaban J connectivity index is 2.16. The van der Waals surface area contributed by atoms with Crippen LogP contribution < -0.4 is 4.74 Å². The third-order valence-electron chi connectivity index (χ3n) is 2.61. The Morgan fingerprint density at radius 3 is 2.40 bits per heavy atom. The van der Waals surface area contributed by atoms with Crippen LogP contribution >= 0.6 is 0 Å². The van der Waals surface area contributed by atoms with Crippen molar-refractivity contribution in [3.63, 3.8) is 0 Å². The summed E-state index contributed by atoms with van der Waals surface area (Å²) in [7, 11) is 0. The monoisotopic (exact) mass is 276 g/mol. The van der Waals surface area contributed by atoms with Crippen LogP contribution in [0.25, 0.3) is 0 Å². The first-order chi connectivity index (χ1) is 9.49. The number of unbranched alkanes of at least 4 members (excludes halogenated alkanes) is 1. The summed E-state index contributed by atoms with van der Waals surface area (Å²) in [5.41, 5.74) is 1.49. The average molecular weight is 276 g/mol. The van der Waals surface area contributed by atoms with E-state index < -0.39 is 5.97 Å². The lowest BCUT2D eigenvalue weighted by Gasteiger charge is -2.05. The molecule has 0 aliphatic heterocycles. The Kier molecular flexibility index (Phi) is 6.50. The van der Waals surface area contributed by atoms with Crippen molar-refractivity contribution in [2.75, 3.05) is 6.61 Å². The third kappa shape index (κ3) is 6.18. The van der Waals surface area contributed by atoms with E-state index in [-0.39, 0.29) is 5.97 Å². The van der Waals surface area contributed by atoms with Crippen LogP contribution in [0.5, 0.6) is 5.75 Å². The van der Waals surface area contributed by atoms with E-state index in [0.29, 0.717) is 37.2 Å². The molecule has 0 unspecified atom stereocenters. The van der Waals surface area contributed by atoms with Crippen LogP contribution in [-0.2, 0) is 14.3 Å². The van der Waals surface area contributed by atoms with E-state index in [0.717, 1.165) is 5.56 Å². The highest BCUT2D eigenvalue weighted by Crippen LogP contribution is 2.12. The first-order valence-corrected chi connectivity index (χ1v) is 6.59. The number of carbonyl (C=O) groups excluding carboxylic acids is 2. The van der Waals surface area contributed by atoms with E-state index in [9.17, 15) is 9.59 Å². The maximum atomic E-state index is 11.6. The van der Waals surface area contributed by atoms with E-state index in [1.807, 2.05) is 19.1 Å². The summed E-state index contributed by atoms with van der Waals surface area (Å²) in [5.74, 6) is -0.123. The predicted octanol–water partition coefficient (Wildman–Crippen LogP) is 3.19. The van der Waals surface area contributed by atoms with E-state index in [4.69, 9.17) is 9.47 Å².